The van der Waals surface area contributed by atoms with Gasteiger partial charge in [-0.1, -0.05) is 23.6 Å². The fourth-order valence-corrected chi connectivity index (χ4v) is 3.21. The SMILES string of the molecule is COc1ccc(C([c-]2c(=O)n(C)c(=O)n(C)c2=O)C(C(C)=O)C(C)=O)cc1.[K+]. The number of rotatable bonds is 6. The summed E-state index contributed by atoms with van der Waals surface area (Å²) in [6.45, 7) is 2.47. The number of nitrogens with zero attached hydrogens (tertiary/aromatic N) is 2. The van der Waals surface area contributed by atoms with E-state index in [9.17, 15) is 24.0 Å². The van der Waals surface area contributed by atoms with Gasteiger partial charge in [-0.15, -0.1) is 0 Å². The summed E-state index contributed by atoms with van der Waals surface area (Å²) >= 11 is 0. The van der Waals surface area contributed by atoms with Crippen LogP contribution < -0.4 is 72.9 Å². The maximum absolute atomic E-state index is 12.8. The fourth-order valence-electron chi connectivity index (χ4n) is 3.21. The van der Waals surface area contributed by atoms with Crippen molar-refractivity contribution in [1.29, 1.82) is 0 Å². The minimum atomic E-state index is -1.23. The molecule has 0 amide bonds. The minimum Gasteiger partial charge on any atom is -0.497 e. The number of hydrogen-bond acceptors (Lipinski definition) is 6. The summed E-state index contributed by atoms with van der Waals surface area (Å²) in [5, 5.41) is 0. The molecule has 0 fully saturated rings. The summed E-state index contributed by atoms with van der Waals surface area (Å²) in [5.41, 5.74) is -2.28. The molecule has 0 N–H and O–H groups in total. The number of methoxy groups -OCH3 is 1. The van der Waals surface area contributed by atoms with Gasteiger partial charge in [0.1, 0.15) is 28.4 Å². The number of hydrogen-bond donors (Lipinski definition) is 0. The van der Waals surface area contributed by atoms with Gasteiger partial charge in [0.25, 0.3) is 0 Å². The molecular formula is C19H21KN2O6. The predicted molar refractivity (Wildman–Crippen MR) is 98.5 cm³/mol. The quantitative estimate of drug-likeness (QED) is 0.286. The van der Waals surface area contributed by atoms with E-state index >= 15 is 0 Å². The second-order valence-electron chi connectivity index (χ2n) is 6.37. The first-order chi connectivity index (χ1) is 12.6. The molecule has 0 saturated carbocycles. The number of carbonyl (C=O) groups is 2. The second kappa shape index (κ2) is 9.79. The van der Waals surface area contributed by atoms with Crippen LogP contribution >= 0.6 is 0 Å². The van der Waals surface area contributed by atoms with Gasteiger partial charge in [-0.05, 0) is 26.0 Å². The Labute approximate surface area is 203 Å². The van der Waals surface area contributed by atoms with Crippen molar-refractivity contribution in [3.05, 3.63) is 66.6 Å². The zero-order chi connectivity index (χ0) is 20.5. The monoisotopic (exact) mass is 412 g/mol. The van der Waals surface area contributed by atoms with Crippen molar-refractivity contribution in [2.75, 3.05) is 7.11 Å². The van der Waals surface area contributed by atoms with Crippen LogP contribution in [0, 0.1) is 5.92 Å². The Morgan fingerprint density at radius 1 is 0.929 bits per heavy atom. The van der Waals surface area contributed by atoms with Gasteiger partial charge in [-0.25, -0.2) is 4.79 Å². The molecule has 1 aromatic carbocycles. The summed E-state index contributed by atoms with van der Waals surface area (Å²) in [6, 6.07) is 6.39. The Balaban J connectivity index is 0.00000392. The molecule has 2 aromatic rings. The average Bonchev–Trinajstić information content (AvgIpc) is 2.63. The van der Waals surface area contributed by atoms with Crippen molar-refractivity contribution in [2.45, 2.75) is 19.8 Å². The molecule has 0 spiro atoms. The largest absolute Gasteiger partial charge is 1.00 e. The Kier molecular flexibility index (Phi) is 8.57. The van der Waals surface area contributed by atoms with Gasteiger partial charge in [0.15, 0.2) is 0 Å². The van der Waals surface area contributed by atoms with E-state index in [2.05, 4.69) is 0 Å². The van der Waals surface area contributed by atoms with Gasteiger partial charge in [0.2, 0.25) is 0 Å². The molecule has 1 atom stereocenters. The van der Waals surface area contributed by atoms with Crippen LogP contribution in [-0.4, -0.2) is 27.8 Å². The molecule has 1 unspecified atom stereocenters. The summed E-state index contributed by atoms with van der Waals surface area (Å²) in [7, 11) is 3.98. The Morgan fingerprint density at radius 3 is 1.71 bits per heavy atom. The molecule has 1 aromatic heterocycles. The van der Waals surface area contributed by atoms with Crippen molar-refractivity contribution < 1.29 is 65.7 Å². The first-order valence-corrected chi connectivity index (χ1v) is 8.23. The van der Waals surface area contributed by atoms with E-state index in [1.165, 1.54) is 35.1 Å². The first kappa shape index (κ1) is 24.5. The maximum atomic E-state index is 12.8. The van der Waals surface area contributed by atoms with Gasteiger partial charge in [-0.3, -0.25) is 18.7 Å². The van der Waals surface area contributed by atoms with Gasteiger partial charge >= 0.3 is 57.1 Å². The molecule has 28 heavy (non-hydrogen) atoms. The molecule has 9 heteroatoms. The van der Waals surface area contributed by atoms with Crippen LogP contribution in [0.5, 0.6) is 5.75 Å². The molecule has 0 aliphatic carbocycles. The van der Waals surface area contributed by atoms with Crippen LogP contribution in [0.15, 0.2) is 38.6 Å². The number of benzene rings is 1. The van der Waals surface area contributed by atoms with E-state index in [4.69, 9.17) is 4.74 Å². The van der Waals surface area contributed by atoms with Crippen LogP contribution in [0.2, 0.25) is 0 Å². The van der Waals surface area contributed by atoms with Gasteiger partial charge < -0.3 is 14.3 Å². The Morgan fingerprint density at radius 2 is 1.36 bits per heavy atom. The fraction of sp³-hybridized carbons (Fsp3) is 0.368. The molecule has 0 aliphatic rings. The third-order valence-corrected chi connectivity index (χ3v) is 4.64. The topological polar surface area (TPSA) is 104 Å². The average molecular weight is 412 g/mol. The van der Waals surface area contributed by atoms with Crippen molar-refractivity contribution in [3.63, 3.8) is 0 Å². The Hall–Kier alpha value is -1.52. The van der Waals surface area contributed by atoms with E-state index < -0.39 is 40.2 Å². The summed E-state index contributed by atoms with van der Waals surface area (Å²) < 4.78 is 6.70. The number of ketones is 2. The molecule has 8 nitrogen and oxygen atoms in total. The van der Waals surface area contributed by atoms with Crippen LogP contribution in [0.3, 0.4) is 0 Å². The normalized spacial score (nSPS) is 11.6. The molecule has 2 rings (SSSR count). The number of ether oxygens (including phenoxy) is 1. The second-order valence-corrected chi connectivity index (χ2v) is 6.37. The summed E-state index contributed by atoms with van der Waals surface area (Å²) in [6.07, 6.45) is 0. The zero-order valence-corrected chi connectivity index (χ0v) is 19.9. The van der Waals surface area contributed by atoms with Crippen LogP contribution in [0.1, 0.15) is 30.9 Å². The molecule has 1 heterocycles. The third kappa shape index (κ3) is 4.55. The van der Waals surface area contributed by atoms with Gasteiger partial charge in [0, 0.05) is 14.1 Å². The molecule has 0 aliphatic heterocycles. The zero-order valence-electron chi connectivity index (χ0n) is 16.8. The van der Waals surface area contributed by atoms with E-state index in [-0.39, 0.29) is 56.9 Å². The minimum absolute atomic E-state index is 0. The van der Waals surface area contributed by atoms with E-state index in [1.807, 2.05) is 0 Å². The number of carbonyl (C=O) groups excluding carboxylic acids is 2. The molecule has 0 radical (unpaired) electrons. The van der Waals surface area contributed by atoms with Crippen molar-refractivity contribution in [2.24, 2.45) is 20.0 Å². The van der Waals surface area contributed by atoms with E-state index in [0.29, 0.717) is 11.3 Å². The van der Waals surface area contributed by atoms with Crippen LogP contribution in [0.25, 0.3) is 0 Å². The molecule has 144 valence electrons. The number of aromatic nitrogens is 2. The maximum Gasteiger partial charge on any atom is 1.00 e. The van der Waals surface area contributed by atoms with Crippen LogP contribution in [0.4, 0.5) is 0 Å². The molecular weight excluding hydrogens is 391 g/mol. The number of Topliss-reactive ketones (excluding diaryl/α,β-unsaturated/α-hetero) is 2. The van der Waals surface area contributed by atoms with Gasteiger partial charge in [0.05, 0.1) is 13.0 Å². The first-order valence-electron chi connectivity index (χ1n) is 8.23. The summed E-state index contributed by atoms with van der Waals surface area (Å²) in [5.74, 6) is -2.74. The molecule has 0 bridgehead atoms. The van der Waals surface area contributed by atoms with Crippen LogP contribution in [-0.2, 0) is 23.7 Å². The predicted octanol–water partition coefficient (Wildman–Crippen LogP) is -2.90. The van der Waals surface area contributed by atoms with Crippen molar-refractivity contribution >= 4 is 11.6 Å². The molecule has 0 saturated heterocycles. The Bertz CT molecular complexity index is 1010. The summed E-state index contributed by atoms with van der Waals surface area (Å²) in [4.78, 5) is 62.0. The van der Waals surface area contributed by atoms with E-state index in [1.54, 1.807) is 24.3 Å². The van der Waals surface area contributed by atoms with Crippen molar-refractivity contribution in [1.82, 2.24) is 9.13 Å². The smallest absolute Gasteiger partial charge is 0.497 e. The van der Waals surface area contributed by atoms with Gasteiger partial charge in [-0.2, -0.15) is 5.56 Å². The third-order valence-electron chi connectivity index (χ3n) is 4.64. The standard InChI is InChI=1S/C19H21N2O6.K/c1-10(22)14(11(2)23)15(12-6-8-13(27-5)9-7-12)16-17(24)20(3)19(26)21(4)18(16)25;/h6-9,14-15H,1-5H3;/q-1;+1. The van der Waals surface area contributed by atoms with Crippen molar-refractivity contribution in [3.8, 4) is 5.75 Å². The van der Waals surface area contributed by atoms with E-state index in [0.717, 1.165) is 9.13 Å².